The Hall–Kier alpha value is -2.51. The minimum absolute atomic E-state index is 0.0481. The van der Waals surface area contributed by atoms with Crippen LogP contribution < -0.4 is 9.64 Å². The van der Waals surface area contributed by atoms with Gasteiger partial charge in [0.05, 0.1) is 19.6 Å². The zero-order chi connectivity index (χ0) is 20.1. The molecule has 0 N–H and O–H groups in total. The van der Waals surface area contributed by atoms with Crippen LogP contribution in [0.4, 0.5) is 5.82 Å². The quantitative estimate of drug-likeness (QED) is 0.607. The Morgan fingerprint density at radius 1 is 1.03 bits per heavy atom. The lowest BCUT2D eigenvalue weighted by atomic mass is 10.1. The second-order valence-corrected chi connectivity index (χ2v) is 7.65. The first kappa shape index (κ1) is 19.8. The molecule has 0 aliphatic carbocycles. The van der Waals surface area contributed by atoms with E-state index < -0.39 is 0 Å². The van der Waals surface area contributed by atoms with Gasteiger partial charge < -0.3 is 9.47 Å². The number of methoxy groups -OCH3 is 1. The van der Waals surface area contributed by atoms with Crippen LogP contribution in [0.2, 0.25) is 0 Å². The summed E-state index contributed by atoms with van der Waals surface area (Å²) in [5.74, 6) is 0.708. The first-order valence-corrected chi connectivity index (χ1v) is 10.3. The summed E-state index contributed by atoms with van der Waals surface area (Å²) in [5.41, 5.74) is 3.26. The summed E-state index contributed by atoms with van der Waals surface area (Å²) in [6, 6.07) is 8.86. The first-order chi connectivity index (χ1) is 14.2. The van der Waals surface area contributed by atoms with E-state index in [0.717, 1.165) is 24.1 Å². The minimum Gasteiger partial charge on any atom is -0.463 e. The van der Waals surface area contributed by atoms with Crippen LogP contribution in [-0.4, -0.2) is 54.2 Å². The fourth-order valence-corrected chi connectivity index (χ4v) is 3.85. The third kappa shape index (κ3) is 4.92. The lowest BCUT2D eigenvalue weighted by Crippen LogP contribution is -2.26. The summed E-state index contributed by atoms with van der Waals surface area (Å²) in [6.45, 7) is 5.01. The minimum atomic E-state index is 0.0481. The van der Waals surface area contributed by atoms with Gasteiger partial charge in [-0.05, 0) is 37.1 Å². The van der Waals surface area contributed by atoms with E-state index in [1.165, 1.54) is 31.5 Å². The summed E-state index contributed by atoms with van der Waals surface area (Å²) >= 11 is 0. The number of ether oxygens (including phenoxy) is 2. The van der Waals surface area contributed by atoms with Crippen molar-refractivity contribution in [1.29, 1.82) is 0 Å². The fourth-order valence-electron chi connectivity index (χ4n) is 3.85. The summed E-state index contributed by atoms with van der Waals surface area (Å²) < 4.78 is 10.6. The van der Waals surface area contributed by atoms with Crippen molar-refractivity contribution in [3.8, 4) is 6.01 Å². The van der Waals surface area contributed by atoms with E-state index in [1.807, 2.05) is 0 Å². The van der Waals surface area contributed by atoms with Gasteiger partial charge in [-0.25, -0.2) is 4.98 Å². The molecule has 7 heteroatoms. The number of nitrogens with zero attached hydrogens (tertiary/aromatic N) is 4. The maximum absolute atomic E-state index is 12.5. The van der Waals surface area contributed by atoms with E-state index in [0.29, 0.717) is 38.0 Å². The Kier molecular flexibility index (Phi) is 6.36. The molecule has 1 saturated heterocycles. The van der Waals surface area contributed by atoms with E-state index in [9.17, 15) is 4.79 Å². The van der Waals surface area contributed by atoms with E-state index in [4.69, 9.17) is 9.47 Å². The fraction of sp³-hybridized carbons (Fsp3) is 0.500. The monoisotopic (exact) mass is 396 g/mol. The van der Waals surface area contributed by atoms with Crippen molar-refractivity contribution in [2.24, 2.45) is 0 Å². The number of hydrogen-bond acceptors (Lipinski definition) is 6. The average molecular weight is 396 g/mol. The molecule has 0 atom stereocenters. The highest BCUT2D eigenvalue weighted by molar-refractivity contribution is 6.00. The number of aromatic nitrogens is 2. The standard InChI is InChI=1S/C22H28N4O3/c1-28-11-4-12-29-22-23-14-19-13-20(27)26(21(19)24-22)16-18-7-5-17(6-8-18)15-25-9-2-3-10-25/h5-8,14H,2-4,9-13,15-16H2,1H3. The highest BCUT2D eigenvalue weighted by atomic mass is 16.5. The van der Waals surface area contributed by atoms with E-state index in [-0.39, 0.29) is 5.91 Å². The SMILES string of the molecule is COCCCOc1ncc2c(n1)N(Cc1ccc(CN3CCCC3)cc1)C(=O)C2. The van der Waals surface area contributed by atoms with E-state index in [1.54, 1.807) is 18.2 Å². The largest absolute Gasteiger partial charge is 0.463 e. The molecule has 0 spiro atoms. The van der Waals surface area contributed by atoms with Gasteiger partial charge in [0.2, 0.25) is 5.91 Å². The molecule has 0 bridgehead atoms. The molecule has 0 saturated carbocycles. The highest BCUT2D eigenvalue weighted by Crippen LogP contribution is 2.29. The van der Waals surface area contributed by atoms with Gasteiger partial charge in [-0.15, -0.1) is 0 Å². The van der Waals surface area contributed by atoms with Gasteiger partial charge in [-0.2, -0.15) is 4.98 Å². The zero-order valence-electron chi connectivity index (χ0n) is 17.0. The number of benzene rings is 1. The van der Waals surface area contributed by atoms with Crippen LogP contribution in [-0.2, 0) is 29.0 Å². The Morgan fingerprint density at radius 2 is 1.76 bits per heavy atom. The third-order valence-electron chi connectivity index (χ3n) is 5.41. The number of amides is 1. The topological polar surface area (TPSA) is 67.8 Å². The molecule has 2 aliphatic rings. The molecule has 3 heterocycles. The molecule has 4 rings (SSSR count). The highest BCUT2D eigenvalue weighted by Gasteiger charge is 2.30. The lowest BCUT2D eigenvalue weighted by Gasteiger charge is -2.18. The number of carbonyl (C=O) groups is 1. The second-order valence-electron chi connectivity index (χ2n) is 7.65. The maximum atomic E-state index is 12.5. The number of anilines is 1. The molecule has 154 valence electrons. The molecule has 2 aromatic rings. The molecule has 1 aromatic heterocycles. The number of fused-ring (bicyclic) bond motifs is 1. The van der Waals surface area contributed by atoms with E-state index >= 15 is 0 Å². The van der Waals surface area contributed by atoms with Gasteiger partial charge in [0.1, 0.15) is 5.82 Å². The van der Waals surface area contributed by atoms with Crippen molar-refractivity contribution >= 4 is 11.7 Å². The van der Waals surface area contributed by atoms with Gasteiger partial charge in [-0.1, -0.05) is 24.3 Å². The van der Waals surface area contributed by atoms with E-state index in [2.05, 4.69) is 39.1 Å². The molecule has 7 nitrogen and oxygen atoms in total. The van der Waals surface area contributed by atoms with Crippen molar-refractivity contribution in [2.75, 3.05) is 38.3 Å². The molecule has 0 unspecified atom stereocenters. The van der Waals surface area contributed by atoms with Crippen molar-refractivity contribution in [1.82, 2.24) is 14.9 Å². The molecular weight excluding hydrogens is 368 g/mol. The Balaban J connectivity index is 1.40. The maximum Gasteiger partial charge on any atom is 0.318 e. The second kappa shape index (κ2) is 9.33. The van der Waals surface area contributed by atoms with Crippen LogP contribution in [0.15, 0.2) is 30.5 Å². The molecule has 1 amide bonds. The van der Waals surface area contributed by atoms with Crippen molar-refractivity contribution in [3.05, 3.63) is 47.2 Å². The number of rotatable bonds is 9. The molecular formula is C22H28N4O3. The predicted molar refractivity (Wildman–Crippen MR) is 110 cm³/mol. The van der Waals surface area contributed by atoms with Crippen LogP contribution in [0.25, 0.3) is 0 Å². The molecule has 0 radical (unpaired) electrons. The van der Waals surface area contributed by atoms with Gasteiger partial charge in [0, 0.05) is 38.4 Å². The van der Waals surface area contributed by atoms with Crippen LogP contribution in [0, 0.1) is 0 Å². The summed E-state index contributed by atoms with van der Waals surface area (Å²) in [7, 11) is 1.66. The smallest absolute Gasteiger partial charge is 0.318 e. The Morgan fingerprint density at radius 3 is 2.48 bits per heavy atom. The van der Waals surface area contributed by atoms with Gasteiger partial charge in [-0.3, -0.25) is 14.6 Å². The summed E-state index contributed by atoms with van der Waals surface area (Å²) in [6.07, 6.45) is 5.41. The van der Waals surface area contributed by atoms with Gasteiger partial charge in [0.25, 0.3) is 0 Å². The molecule has 1 aromatic carbocycles. The van der Waals surface area contributed by atoms with Crippen LogP contribution in [0.5, 0.6) is 6.01 Å². The molecule has 2 aliphatic heterocycles. The number of hydrogen-bond donors (Lipinski definition) is 0. The summed E-state index contributed by atoms with van der Waals surface area (Å²) in [5, 5.41) is 0. The van der Waals surface area contributed by atoms with Gasteiger partial charge in [0.15, 0.2) is 0 Å². The normalized spacial score (nSPS) is 16.4. The molecule has 29 heavy (non-hydrogen) atoms. The first-order valence-electron chi connectivity index (χ1n) is 10.3. The van der Waals surface area contributed by atoms with Crippen molar-refractivity contribution in [2.45, 2.75) is 38.8 Å². The van der Waals surface area contributed by atoms with Gasteiger partial charge >= 0.3 is 6.01 Å². The number of carbonyl (C=O) groups excluding carboxylic acids is 1. The van der Waals surface area contributed by atoms with Crippen molar-refractivity contribution in [3.63, 3.8) is 0 Å². The average Bonchev–Trinajstić information content (AvgIpc) is 3.35. The third-order valence-corrected chi connectivity index (χ3v) is 5.41. The lowest BCUT2D eigenvalue weighted by molar-refractivity contribution is -0.117. The van der Waals surface area contributed by atoms with Crippen molar-refractivity contribution < 1.29 is 14.3 Å². The van der Waals surface area contributed by atoms with Crippen LogP contribution in [0.3, 0.4) is 0 Å². The summed E-state index contributed by atoms with van der Waals surface area (Å²) in [4.78, 5) is 25.5. The predicted octanol–water partition coefficient (Wildman–Crippen LogP) is 2.58. The van der Waals surface area contributed by atoms with Crippen LogP contribution >= 0.6 is 0 Å². The Bertz CT molecular complexity index is 834. The molecule has 1 fully saturated rings. The Labute approximate surface area is 171 Å². The zero-order valence-corrected chi connectivity index (χ0v) is 17.0. The number of likely N-dealkylation sites (tertiary alicyclic amines) is 1. The van der Waals surface area contributed by atoms with Crippen LogP contribution in [0.1, 0.15) is 36.0 Å².